The second kappa shape index (κ2) is 8.85. The molecule has 0 atom stereocenters. The Kier molecular flexibility index (Phi) is 6.79. The molecular weight excluding hydrogens is 371 g/mol. The molecule has 0 spiro atoms. The van der Waals surface area contributed by atoms with Crippen LogP contribution in [0, 0.1) is 5.82 Å². The summed E-state index contributed by atoms with van der Waals surface area (Å²) >= 11 is 0. The van der Waals surface area contributed by atoms with Crippen LogP contribution in [-0.2, 0) is 10.0 Å². The summed E-state index contributed by atoms with van der Waals surface area (Å²) in [7, 11) is -3.60. The number of nitrogens with one attached hydrogen (secondary N) is 1. The maximum atomic E-state index is 13.2. The van der Waals surface area contributed by atoms with E-state index >= 15 is 0 Å². The van der Waals surface area contributed by atoms with Crippen LogP contribution in [0.15, 0.2) is 48.5 Å². The average Bonchev–Trinajstić information content (AvgIpc) is 2.58. The number of halogens is 1. The Hall–Kier alpha value is -2.61. The number of sulfonamides is 1. The van der Waals surface area contributed by atoms with Gasteiger partial charge in [0.05, 0.1) is 24.6 Å². The van der Waals surface area contributed by atoms with Gasteiger partial charge in [0.1, 0.15) is 11.6 Å². The molecule has 0 bridgehead atoms. The Morgan fingerprint density at radius 1 is 1.19 bits per heavy atom. The van der Waals surface area contributed by atoms with E-state index in [1.54, 1.807) is 24.3 Å². The molecule has 0 aliphatic carbocycles. The van der Waals surface area contributed by atoms with Gasteiger partial charge in [0, 0.05) is 12.1 Å². The molecule has 146 valence electrons. The minimum absolute atomic E-state index is 0.0123. The summed E-state index contributed by atoms with van der Waals surface area (Å²) in [6.07, 6.45) is 0.966. The molecule has 0 aromatic heterocycles. The van der Waals surface area contributed by atoms with Crippen molar-refractivity contribution in [3.63, 3.8) is 0 Å². The number of hydrogen-bond donors (Lipinski definition) is 1. The molecule has 1 amide bonds. The second-order valence-electron chi connectivity index (χ2n) is 6.24. The first-order valence-corrected chi connectivity index (χ1v) is 10.3. The Morgan fingerprint density at radius 3 is 2.52 bits per heavy atom. The van der Waals surface area contributed by atoms with Crippen molar-refractivity contribution in [2.75, 3.05) is 23.7 Å². The standard InChI is InChI=1S/C19H23FN2O4S/c1-14(2)26-18-10-5-4-9-17(18)22(27(3,24)25)12-11-21-19(23)15-7-6-8-16(20)13-15/h4-10,13-14H,11-12H2,1-3H3,(H,21,23). The highest BCUT2D eigenvalue weighted by Gasteiger charge is 2.21. The number of para-hydroxylation sites is 2. The first-order chi connectivity index (χ1) is 12.7. The Balaban J connectivity index is 2.14. The highest BCUT2D eigenvalue weighted by Crippen LogP contribution is 2.30. The fraction of sp³-hybridized carbons (Fsp3) is 0.316. The minimum Gasteiger partial charge on any atom is -0.489 e. The first kappa shape index (κ1) is 20.7. The molecule has 2 aromatic rings. The van der Waals surface area contributed by atoms with Gasteiger partial charge in [-0.1, -0.05) is 18.2 Å². The SMILES string of the molecule is CC(C)Oc1ccccc1N(CCNC(=O)c1cccc(F)c1)S(C)(=O)=O. The third kappa shape index (κ3) is 5.96. The van der Waals surface area contributed by atoms with Gasteiger partial charge in [-0.15, -0.1) is 0 Å². The second-order valence-corrected chi connectivity index (χ2v) is 8.14. The molecule has 0 saturated heterocycles. The van der Waals surface area contributed by atoms with Gasteiger partial charge in [0.25, 0.3) is 5.91 Å². The Bertz CT molecular complexity index is 900. The molecule has 0 aliphatic rings. The van der Waals surface area contributed by atoms with Crippen molar-refractivity contribution in [2.45, 2.75) is 20.0 Å². The highest BCUT2D eigenvalue weighted by atomic mass is 32.2. The summed E-state index contributed by atoms with van der Waals surface area (Å²) in [4.78, 5) is 12.1. The number of benzene rings is 2. The molecule has 2 aromatic carbocycles. The van der Waals surface area contributed by atoms with Crippen molar-refractivity contribution in [1.82, 2.24) is 5.32 Å². The number of ether oxygens (including phenoxy) is 1. The zero-order chi connectivity index (χ0) is 20.0. The summed E-state index contributed by atoms with van der Waals surface area (Å²) in [5.74, 6) is -0.552. The summed E-state index contributed by atoms with van der Waals surface area (Å²) in [6.45, 7) is 3.76. The lowest BCUT2D eigenvalue weighted by Crippen LogP contribution is -2.38. The van der Waals surface area contributed by atoms with Crippen molar-refractivity contribution >= 4 is 21.6 Å². The van der Waals surface area contributed by atoms with Crippen LogP contribution in [-0.4, -0.2) is 39.8 Å². The van der Waals surface area contributed by atoms with Gasteiger partial charge in [-0.3, -0.25) is 9.10 Å². The van der Waals surface area contributed by atoms with Crippen LogP contribution in [0.1, 0.15) is 24.2 Å². The molecule has 0 fully saturated rings. The summed E-state index contributed by atoms with van der Waals surface area (Å²) in [5, 5.41) is 2.61. The maximum absolute atomic E-state index is 13.2. The smallest absolute Gasteiger partial charge is 0.251 e. The lowest BCUT2D eigenvalue weighted by atomic mass is 10.2. The number of carbonyl (C=O) groups is 1. The maximum Gasteiger partial charge on any atom is 0.251 e. The largest absolute Gasteiger partial charge is 0.489 e. The first-order valence-electron chi connectivity index (χ1n) is 8.45. The average molecular weight is 394 g/mol. The van der Waals surface area contributed by atoms with Crippen LogP contribution in [0.5, 0.6) is 5.75 Å². The summed E-state index contributed by atoms with van der Waals surface area (Å²) in [5.41, 5.74) is 0.568. The molecule has 8 heteroatoms. The van der Waals surface area contributed by atoms with E-state index in [0.29, 0.717) is 11.4 Å². The van der Waals surface area contributed by atoms with Crippen molar-refractivity contribution in [2.24, 2.45) is 0 Å². The van der Waals surface area contributed by atoms with Crippen molar-refractivity contribution in [3.8, 4) is 5.75 Å². The van der Waals surface area contributed by atoms with Crippen LogP contribution < -0.4 is 14.4 Å². The zero-order valence-corrected chi connectivity index (χ0v) is 16.3. The molecule has 0 heterocycles. The summed E-state index contributed by atoms with van der Waals surface area (Å²) in [6, 6.07) is 12.1. The van der Waals surface area contributed by atoms with Crippen molar-refractivity contribution < 1.29 is 22.3 Å². The number of rotatable bonds is 8. The predicted molar refractivity (Wildman–Crippen MR) is 103 cm³/mol. The number of hydrogen-bond acceptors (Lipinski definition) is 4. The number of anilines is 1. The highest BCUT2D eigenvalue weighted by molar-refractivity contribution is 7.92. The fourth-order valence-corrected chi connectivity index (χ4v) is 3.42. The molecule has 0 radical (unpaired) electrons. The van der Waals surface area contributed by atoms with Crippen molar-refractivity contribution in [1.29, 1.82) is 0 Å². The fourth-order valence-electron chi connectivity index (χ4n) is 2.48. The number of carbonyl (C=O) groups excluding carboxylic acids is 1. The van der Waals surface area contributed by atoms with Gasteiger partial charge in [-0.2, -0.15) is 0 Å². The third-order valence-electron chi connectivity index (χ3n) is 3.58. The lowest BCUT2D eigenvalue weighted by molar-refractivity contribution is 0.0954. The van der Waals surface area contributed by atoms with Crippen LogP contribution >= 0.6 is 0 Å². The van der Waals surface area contributed by atoms with Gasteiger partial charge in [0.2, 0.25) is 10.0 Å². The van der Waals surface area contributed by atoms with Crippen LogP contribution in [0.3, 0.4) is 0 Å². The quantitative estimate of drug-likeness (QED) is 0.747. The van der Waals surface area contributed by atoms with Gasteiger partial charge < -0.3 is 10.1 Å². The van der Waals surface area contributed by atoms with E-state index < -0.39 is 21.7 Å². The molecule has 0 saturated carbocycles. The normalized spacial score (nSPS) is 11.3. The van der Waals surface area contributed by atoms with Crippen molar-refractivity contribution in [3.05, 3.63) is 59.9 Å². The predicted octanol–water partition coefficient (Wildman–Crippen LogP) is 2.81. The van der Waals surface area contributed by atoms with E-state index in [4.69, 9.17) is 4.74 Å². The number of amides is 1. The lowest BCUT2D eigenvalue weighted by Gasteiger charge is -2.25. The molecule has 1 N–H and O–H groups in total. The monoisotopic (exact) mass is 394 g/mol. The van der Waals surface area contributed by atoms with Gasteiger partial charge in [-0.25, -0.2) is 12.8 Å². The molecule has 0 aliphatic heterocycles. The minimum atomic E-state index is -3.60. The van der Waals surface area contributed by atoms with E-state index in [1.807, 2.05) is 13.8 Å². The van der Waals surface area contributed by atoms with E-state index in [2.05, 4.69) is 5.32 Å². The zero-order valence-electron chi connectivity index (χ0n) is 15.5. The van der Waals surface area contributed by atoms with Gasteiger partial charge >= 0.3 is 0 Å². The third-order valence-corrected chi connectivity index (χ3v) is 4.76. The molecule has 0 unspecified atom stereocenters. The number of nitrogens with zero attached hydrogens (tertiary/aromatic N) is 1. The van der Waals surface area contributed by atoms with Gasteiger partial charge in [0.15, 0.2) is 0 Å². The van der Waals surface area contributed by atoms with Crippen LogP contribution in [0.4, 0.5) is 10.1 Å². The summed E-state index contributed by atoms with van der Waals surface area (Å²) < 4.78 is 44.6. The van der Waals surface area contributed by atoms with E-state index in [9.17, 15) is 17.6 Å². The van der Waals surface area contributed by atoms with E-state index in [-0.39, 0.29) is 24.8 Å². The molecule has 2 rings (SSSR count). The Morgan fingerprint density at radius 2 is 1.89 bits per heavy atom. The Labute approximate surface area is 159 Å². The van der Waals surface area contributed by atoms with E-state index in [0.717, 1.165) is 12.3 Å². The molecule has 27 heavy (non-hydrogen) atoms. The van der Waals surface area contributed by atoms with Crippen LogP contribution in [0.2, 0.25) is 0 Å². The van der Waals surface area contributed by atoms with Crippen LogP contribution in [0.25, 0.3) is 0 Å². The molecular formula is C19H23FN2O4S. The van der Waals surface area contributed by atoms with E-state index in [1.165, 1.54) is 22.5 Å². The van der Waals surface area contributed by atoms with Gasteiger partial charge in [-0.05, 0) is 44.2 Å². The topological polar surface area (TPSA) is 75.7 Å². The molecule has 6 nitrogen and oxygen atoms in total.